The summed E-state index contributed by atoms with van der Waals surface area (Å²) in [7, 11) is 0. The third-order valence-electron chi connectivity index (χ3n) is 3.64. The summed E-state index contributed by atoms with van der Waals surface area (Å²) in [4.78, 5) is 3.91. The van der Waals surface area contributed by atoms with Crippen LogP contribution in [0.3, 0.4) is 0 Å². The van der Waals surface area contributed by atoms with Crippen molar-refractivity contribution in [2.24, 2.45) is 0 Å². The van der Waals surface area contributed by atoms with Gasteiger partial charge < -0.3 is 5.11 Å². The Morgan fingerprint density at radius 3 is 2.89 bits per heavy atom. The summed E-state index contributed by atoms with van der Waals surface area (Å²) < 4.78 is 0. The van der Waals surface area contributed by atoms with Gasteiger partial charge in [0.2, 0.25) is 0 Å². The van der Waals surface area contributed by atoms with Gasteiger partial charge in [-0.05, 0) is 30.8 Å². The summed E-state index contributed by atoms with van der Waals surface area (Å²) in [5.74, 6) is 5.79. The Hall–Kier alpha value is -0.820. The van der Waals surface area contributed by atoms with Crippen LogP contribution in [0.4, 0.5) is 0 Å². The zero-order valence-corrected chi connectivity index (χ0v) is 11.8. The van der Waals surface area contributed by atoms with Crippen LogP contribution in [0.5, 0.6) is 0 Å². The monoisotopic (exact) mass is 263 g/mol. The molecule has 2 rings (SSSR count). The SMILES string of the molecule is CCN(Cc1sccc1C#CCO)C1CCCC1. The molecular formula is C15H21NOS. The molecule has 1 aliphatic rings. The number of thiophene rings is 1. The van der Waals surface area contributed by atoms with E-state index in [0.717, 1.165) is 24.7 Å². The van der Waals surface area contributed by atoms with Gasteiger partial charge in [0.25, 0.3) is 0 Å². The largest absolute Gasteiger partial charge is 0.384 e. The van der Waals surface area contributed by atoms with Crippen LogP contribution in [0.2, 0.25) is 0 Å². The topological polar surface area (TPSA) is 23.5 Å². The minimum atomic E-state index is -0.0601. The van der Waals surface area contributed by atoms with Crippen molar-refractivity contribution in [1.29, 1.82) is 0 Å². The van der Waals surface area contributed by atoms with E-state index in [4.69, 9.17) is 5.11 Å². The first kappa shape index (κ1) is 13.6. The van der Waals surface area contributed by atoms with E-state index < -0.39 is 0 Å². The predicted molar refractivity (Wildman–Crippen MR) is 76.6 cm³/mol. The highest BCUT2D eigenvalue weighted by Gasteiger charge is 2.22. The Balaban J connectivity index is 2.04. The lowest BCUT2D eigenvalue weighted by Crippen LogP contribution is -2.32. The van der Waals surface area contributed by atoms with E-state index in [0.29, 0.717) is 0 Å². The van der Waals surface area contributed by atoms with Crippen molar-refractivity contribution < 1.29 is 5.11 Å². The number of nitrogens with zero attached hydrogens (tertiary/aromatic N) is 1. The molecule has 1 aliphatic carbocycles. The van der Waals surface area contributed by atoms with Crippen molar-refractivity contribution in [2.45, 2.75) is 45.2 Å². The van der Waals surface area contributed by atoms with Gasteiger partial charge in [-0.15, -0.1) is 11.3 Å². The molecule has 98 valence electrons. The second kappa shape index (κ2) is 6.94. The van der Waals surface area contributed by atoms with Gasteiger partial charge in [-0.1, -0.05) is 31.6 Å². The first-order valence-electron chi connectivity index (χ1n) is 6.75. The van der Waals surface area contributed by atoms with E-state index in [1.807, 2.05) is 0 Å². The second-order valence-corrected chi connectivity index (χ2v) is 5.72. The summed E-state index contributed by atoms with van der Waals surface area (Å²) in [5, 5.41) is 10.9. The smallest absolute Gasteiger partial charge is 0.104 e. The first-order valence-corrected chi connectivity index (χ1v) is 7.63. The fourth-order valence-electron chi connectivity index (χ4n) is 2.66. The lowest BCUT2D eigenvalue weighted by Gasteiger charge is -2.27. The van der Waals surface area contributed by atoms with E-state index in [2.05, 4.69) is 35.1 Å². The molecular weight excluding hydrogens is 242 g/mol. The number of aliphatic hydroxyl groups is 1. The summed E-state index contributed by atoms with van der Waals surface area (Å²) in [6.45, 7) is 4.30. The van der Waals surface area contributed by atoms with Gasteiger partial charge in [-0.2, -0.15) is 0 Å². The molecule has 1 N–H and O–H groups in total. The van der Waals surface area contributed by atoms with Gasteiger partial charge in [-0.3, -0.25) is 4.90 Å². The van der Waals surface area contributed by atoms with E-state index in [9.17, 15) is 0 Å². The minimum Gasteiger partial charge on any atom is -0.384 e. The zero-order valence-electron chi connectivity index (χ0n) is 11.0. The Labute approximate surface area is 114 Å². The normalized spacial score (nSPS) is 15.9. The average molecular weight is 263 g/mol. The van der Waals surface area contributed by atoms with Crippen LogP contribution in [0.25, 0.3) is 0 Å². The Kier molecular flexibility index (Phi) is 5.25. The van der Waals surface area contributed by atoms with Crippen molar-refractivity contribution in [3.8, 4) is 11.8 Å². The number of hydrogen-bond acceptors (Lipinski definition) is 3. The highest BCUT2D eigenvalue weighted by atomic mass is 32.1. The average Bonchev–Trinajstić information content (AvgIpc) is 3.04. The molecule has 0 atom stereocenters. The maximum absolute atomic E-state index is 8.78. The summed E-state index contributed by atoms with van der Waals surface area (Å²) in [6.07, 6.45) is 5.44. The van der Waals surface area contributed by atoms with Gasteiger partial charge in [0.15, 0.2) is 0 Å². The molecule has 1 fully saturated rings. The quantitative estimate of drug-likeness (QED) is 0.844. The minimum absolute atomic E-state index is 0.0601. The summed E-state index contributed by atoms with van der Waals surface area (Å²) >= 11 is 1.78. The number of hydrogen-bond donors (Lipinski definition) is 1. The van der Waals surface area contributed by atoms with Crippen LogP contribution in [-0.4, -0.2) is 29.2 Å². The molecule has 0 unspecified atom stereocenters. The second-order valence-electron chi connectivity index (χ2n) is 4.72. The molecule has 0 amide bonds. The standard InChI is InChI=1S/C15H21NOS/c1-2-16(14-7-3-4-8-14)12-15-13(6-5-10-17)9-11-18-15/h9,11,14,17H,2-4,7-8,10,12H2,1H3. The number of rotatable bonds is 4. The van der Waals surface area contributed by atoms with Gasteiger partial charge >= 0.3 is 0 Å². The highest BCUT2D eigenvalue weighted by molar-refractivity contribution is 7.10. The van der Waals surface area contributed by atoms with Crippen LogP contribution in [-0.2, 0) is 6.54 Å². The lowest BCUT2D eigenvalue weighted by atomic mass is 10.2. The van der Waals surface area contributed by atoms with Crippen molar-refractivity contribution in [3.63, 3.8) is 0 Å². The Morgan fingerprint density at radius 1 is 1.44 bits per heavy atom. The van der Waals surface area contributed by atoms with E-state index in [1.54, 1.807) is 11.3 Å². The van der Waals surface area contributed by atoms with Crippen LogP contribution in [0.15, 0.2) is 11.4 Å². The molecule has 1 aromatic rings. The van der Waals surface area contributed by atoms with Crippen molar-refractivity contribution >= 4 is 11.3 Å². The van der Waals surface area contributed by atoms with Crippen LogP contribution in [0.1, 0.15) is 43.0 Å². The van der Waals surface area contributed by atoms with Gasteiger partial charge in [0.05, 0.1) is 0 Å². The number of aliphatic hydroxyl groups excluding tert-OH is 1. The Bertz CT molecular complexity index is 423. The molecule has 1 heterocycles. The molecule has 2 nitrogen and oxygen atoms in total. The van der Waals surface area contributed by atoms with Gasteiger partial charge in [0.1, 0.15) is 6.61 Å². The van der Waals surface area contributed by atoms with Crippen LogP contribution >= 0.6 is 11.3 Å². The molecule has 0 bridgehead atoms. The van der Waals surface area contributed by atoms with Crippen LogP contribution < -0.4 is 0 Å². The molecule has 1 saturated carbocycles. The fraction of sp³-hybridized carbons (Fsp3) is 0.600. The first-order chi connectivity index (χ1) is 8.85. The summed E-state index contributed by atoms with van der Waals surface area (Å²) in [6, 6.07) is 2.82. The maximum atomic E-state index is 8.78. The molecule has 0 aliphatic heterocycles. The van der Waals surface area contributed by atoms with Crippen molar-refractivity contribution in [3.05, 3.63) is 21.9 Å². The van der Waals surface area contributed by atoms with Crippen molar-refractivity contribution in [1.82, 2.24) is 4.90 Å². The summed E-state index contributed by atoms with van der Waals surface area (Å²) in [5.41, 5.74) is 1.09. The molecule has 0 radical (unpaired) electrons. The molecule has 3 heteroatoms. The molecule has 0 saturated heterocycles. The van der Waals surface area contributed by atoms with E-state index in [-0.39, 0.29) is 6.61 Å². The van der Waals surface area contributed by atoms with E-state index in [1.165, 1.54) is 30.6 Å². The Morgan fingerprint density at radius 2 is 2.22 bits per heavy atom. The highest BCUT2D eigenvalue weighted by Crippen LogP contribution is 2.26. The maximum Gasteiger partial charge on any atom is 0.104 e. The zero-order chi connectivity index (χ0) is 12.8. The molecule has 0 aromatic carbocycles. The van der Waals surface area contributed by atoms with Crippen molar-refractivity contribution in [2.75, 3.05) is 13.2 Å². The molecule has 0 spiro atoms. The molecule has 18 heavy (non-hydrogen) atoms. The van der Waals surface area contributed by atoms with Gasteiger partial charge in [-0.25, -0.2) is 0 Å². The van der Waals surface area contributed by atoms with E-state index >= 15 is 0 Å². The molecule has 1 aromatic heterocycles. The third-order valence-corrected chi connectivity index (χ3v) is 4.55. The fourth-order valence-corrected chi connectivity index (χ4v) is 3.52. The third kappa shape index (κ3) is 3.35. The lowest BCUT2D eigenvalue weighted by molar-refractivity contribution is 0.202. The predicted octanol–water partition coefficient (Wildman–Crippen LogP) is 2.86. The van der Waals surface area contributed by atoms with Crippen LogP contribution in [0, 0.1) is 11.8 Å². The van der Waals surface area contributed by atoms with Gasteiger partial charge in [0, 0.05) is 23.0 Å².